The molecule has 1 heterocycles. The number of nitrogens with zero attached hydrogens (tertiary/aromatic N) is 2. The van der Waals surface area contributed by atoms with Gasteiger partial charge in [0.1, 0.15) is 0 Å². The summed E-state index contributed by atoms with van der Waals surface area (Å²) in [5, 5.41) is 3.31. The predicted molar refractivity (Wildman–Crippen MR) is 69.6 cm³/mol. The van der Waals surface area contributed by atoms with Gasteiger partial charge < -0.3 is 5.32 Å². The van der Waals surface area contributed by atoms with Crippen molar-refractivity contribution in [2.45, 2.75) is 19.4 Å². The van der Waals surface area contributed by atoms with Crippen LogP contribution in [0.5, 0.6) is 0 Å². The van der Waals surface area contributed by atoms with Gasteiger partial charge in [-0.1, -0.05) is 25.1 Å². The molecule has 3 nitrogen and oxygen atoms in total. The summed E-state index contributed by atoms with van der Waals surface area (Å²) in [5.41, 5.74) is 3.32. The molecular weight excluding hydrogens is 210 g/mol. The third-order valence-corrected chi connectivity index (χ3v) is 2.90. The molecule has 0 bridgehead atoms. The molecule has 0 saturated carbocycles. The molecule has 0 saturated heterocycles. The molecule has 1 atom stereocenters. The lowest BCUT2D eigenvalue weighted by Crippen LogP contribution is -2.15. The number of rotatable bonds is 4. The fourth-order valence-corrected chi connectivity index (χ4v) is 1.97. The van der Waals surface area contributed by atoms with Crippen LogP contribution < -0.4 is 5.32 Å². The van der Waals surface area contributed by atoms with Gasteiger partial charge >= 0.3 is 0 Å². The van der Waals surface area contributed by atoms with Crippen molar-refractivity contribution in [1.82, 2.24) is 15.3 Å². The van der Waals surface area contributed by atoms with Crippen molar-refractivity contribution in [3.63, 3.8) is 0 Å². The van der Waals surface area contributed by atoms with Gasteiger partial charge in [0, 0.05) is 24.0 Å². The Morgan fingerprint density at radius 3 is 2.82 bits per heavy atom. The topological polar surface area (TPSA) is 37.8 Å². The summed E-state index contributed by atoms with van der Waals surface area (Å²) >= 11 is 0. The van der Waals surface area contributed by atoms with E-state index in [9.17, 15) is 0 Å². The van der Waals surface area contributed by atoms with Gasteiger partial charge in [-0.05, 0) is 25.1 Å². The summed E-state index contributed by atoms with van der Waals surface area (Å²) in [5.74, 6) is 0. The third-order valence-electron chi connectivity index (χ3n) is 2.90. The van der Waals surface area contributed by atoms with Crippen LogP contribution in [0.25, 0.3) is 11.3 Å². The van der Waals surface area contributed by atoms with Crippen LogP contribution in [-0.2, 0) is 0 Å². The highest BCUT2D eigenvalue weighted by molar-refractivity contribution is 5.59. The maximum absolute atomic E-state index is 4.32. The minimum Gasteiger partial charge on any atom is -0.313 e. The highest BCUT2D eigenvalue weighted by Crippen LogP contribution is 2.22. The molecule has 88 valence electrons. The molecule has 0 aliphatic carbocycles. The second-order valence-electron chi connectivity index (χ2n) is 3.97. The molecular formula is C14H17N3. The Hall–Kier alpha value is -1.74. The largest absolute Gasteiger partial charge is 0.313 e. The first-order chi connectivity index (χ1) is 8.35. The average molecular weight is 227 g/mol. The molecule has 3 heteroatoms. The molecule has 1 unspecified atom stereocenters. The van der Waals surface area contributed by atoms with Crippen LogP contribution in [0, 0.1) is 0 Å². The zero-order valence-corrected chi connectivity index (χ0v) is 10.2. The molecule has 0 amide bonds. The van der Waals surface area contributed by atoms with Crippen LogP contribution in [0.2, 0.25) is 0 Å². The van der Waals surface area contributed by atoms with E-state index in [1.165, 1.54) is 5.56 Å². The lowest BCUT2D eigenvalue weighted by atomic mass is 10.0. The van der Waals surface area contributed by atoms with Crippen molar-refractivity contribution in [2.75, 3.05) is 7.05 Å². The van der Waals surface area contributed by atoms with Crippen LogP contribution >= 0.6 is 0 Å². The van der Waals surface area contributed by atoms with E-state index in [0.29, 0.717) is 6.04 Å². The highest BCUT2D eigenvalue weighted by atomic mass is 14.9. The Bertz CT molecular complexity index is 464. The van der Waals surface area contributed by atoms with Gasteiger partial charge in [0.25, 0.3) is 0 Å². The standard InChI is InChI=1S/C14H17N3/c1-3-13(15-2)11-5-4-6-12(9-11)14-10-16-7-8-17-14/h4-10,13,15H,3H2,1-2H3. The molecule has 0 radical (unpaired) electrons. The summed E-state index contributed by atoms with van der Waals surface area (Å²) in [6.07, 6.45) is 6.27. The Labute approximate surface area is 102 Å². The van der Waals surface area contributed by atoms with E-state index < -0.39 is 0 Å². The van der Waals surface area contributed by atoms with Gasteiger partial charge in [0.15, 0.2) is 0 Å². The molecule has 0 spiro atoms. The van der Waals surface area contributed by atoms with Gasteiger partial charge in [-0.2, -0.15) is 0 Å². The number of hydrogen-bond donors (Lipinski definition) is 1. The summed E-state index contributed by atoms with van der Waals surface area (Å²) in [7, 11) is 1.99. The normalized spacial score (nSPS) is 12.4. The Balaban J connectivity index is 2.35. The van der Waals surface area contributed by atoms with Crippen molar-refractivity contribution in [3.05, 3.63) is 48.4 Å². The first-order valence-corrected chi connectivity index (χ1v) is 5.88. The lowest BCUT2D eigenvalue weighted by molar-refractivity contribution is 0.577. The fourth-order valence-electron chi connectivity index (χ4n) is 1.97. The van der Waals surface area contributed by atoms with E-state index in [-0.39, 0.29) is 0 Å². The molecule has 0 fully saturated rings. The van der Waals surface area contributed by atoms with Gasteiger partial charge in [0.05, 0.1) is 11.9 Å². The quantitative estimate of drug-likeness (QED) is 0.872. The van der Waals surface area contributed by atoms with Crippen LogP contribution in [0.15, 0.2) is 42.9 Å². The molecule has 0 aliphatic heterocycles. The van der Waals surface area contributed by atoms with E-state index in [4.69, 9.17) is 0 Å². The second kappa shape index (κ2) is 5.55. The van der Waals surface area contributed by atoms with Crippen LogP contribution in [0.4, 0.5) is 0 Å². The van der Waals surface area contributed by atoms with Crippen molar-refractivity contribution in [3.8, 4) is 11.3 Å². The number of benzene rings is 1. The van der Waals surface area contributed by atoms with Gasteiger partial charge in [0.2, 0.25) is 0 Å². The molecule has 17 heavy (non-hydrogen) atoms. The Morgan fingerprint density at radius 2 is 2.18 bits per heavy atom. The summed E-state index contributed by atoms with van der Waals surface area (Å²) in [6, 6.07) is 8.85. The molecule has 1 aromatic carbocycles. The van der Waals surface area contributed by atoms with Crippen molar-refractivity contribution in [1.29, 1.82) is 0 Å². The van der Waals surface area contributed by atoms with E-state index in [1.807, 2.05) is 7.05 Å². The maximum Gasteiger partial charge on any atom is 0.0885 e. The van der Waals surface area contributed by atoms with E-state index in [1.54, 1.807) is 18.6 Å². The SMILES string of the molecule is CCC(NC)c1cccc(-c2cnccn2)c1. The van der Waals surface area contributed by atoms with Gasteiger partial charge in [-0.15, -0.1) is 0 Å². The van der Waals surface area contributed by atoms with Gasteiger partial charge in [-0.25, -0.2) is 0 Å². The Kier molecular flexibility index (Phi) is 3.83. The average Bonchev–Trinajstić information content (AvgIpc) is 2.42. The van der Waals surface area contributed by atoms with Crippen LogP contribution in [-0.4, -0.2) is 17.0 Å². The first kappa shape index (κ1) is 11.7. The van der Waals surface area contributed by atoms with Crippen molar-refractivity contribution >= 4 is 0 Å². The van der Waals surface area contributed by atoms with E-state index in [2.05, 4.69) is 46.5 Å². The molecule has 1 aromatic heterocycles. The molecule has 2 rings (SSSR count). The van der Waals surface area contributed by atoms with E-state index >= 15 is 0 Å². The predicted octanol–water partition coefficient (Wildman–Crippen LogP) is 2.81. The molecule has 2 aromatic rings. The number of hydrogen-bond acceptors (Lipinski definition) is 3. The lowest BCUT2D eigenvalue weighted by Gasteiger charge is -2.15. The third kappa shape index (κ3) is 2.68. The smallest absolute Gasteiger partial charge is 0.0885 e. The molecule has 0 aliphatic rings. The zero-order valence-electron chi connectivity index (χ0n) is 10.2. The zero-order chi connectivity index (χ0) is 12.1. The highest BCUT2D eigenvalue weighted by Gasteiger charge is 2.07. The van der Waals surface area contributed by atoms with Crippen molar-refractivity contribution in [2.24, 2.45) is 0 Å². The van der Waals surface area contributed by atoms with Crippen molar-refractivity contribution < 1.29 is 0 Å². The summed E-state index contributed by atoms with van der Waals surface area (Å²) < 4.78 is 0. The maximum atomic E-state index is 4.32. The fraction of sp³-hybridized carbons (Fsp3) is 0.286. The number of nitrogens with one attached hydrogen (secondary N) is 1. The monoisotopic (exact) mass is 227 g/mol. The van der Waals surface area contributed by atoms with Crippen LogP contribution in [0.1, 0.15) is 24.9 Å². The second-order valence-corrected chi connectivity index (χ2v) is 3.97. The minimum absolute atomic E-state index is 0.395. The summed E-state index contributed by atoms with van der Waals surface area (Å²) in [6.45, 7) is 2.18. The van der Waals surface area contributed by atoms with E-state index in [0.717, 1.165) is 17.7 Å². The number of aromatic nitrogens is 2. The Morgan fingerprint density at radius 1 is 1.29 bits per heavy atom. The van der Waals surface area contributed by atoms with Crippen LogP contribution in [0.3, 0.4) is 0 Å². The molecule has 1 N–H and O–H groups in total. The minimum atomic E-state index is 0.395. The summed E-state index contributed by atoms with van der Waals surface area (Å²) in [4.78, 5) is 8.42. The van der Waals surface area contributed by atoms with Gasteiger partial charge in [-0.3, -0.25) is 9.97 Å². The first-order valence-electron chi connectivity index (χ1n) is 5.88.